The molecule has 0 aromatic heterocycles. The van der Waals surface area contributed by atoms with Crippen LogP contribution >= 0.6 is 0 Å². The highest BCUT2D eigenvalue weighted by atomic mass is 16.5. The van der Waals surface area contributed by atoms with E-state index in [0.717, 1.165) is 17.9 Å². The fourth-order valence-electron chi connectivity index (χ4n) is 1.56. The normalized spacial score (nSPS) is 12.4. The summed E-state index contributed by atoms with van der Waals surface area (Å²) < 4.78 is 5.76. The van der Waals surface area contributed by atoms with Crippen molar-refractivity contribution in [2.45, 2.75) is 45.6 Å². The molecule has 0 heterocycles. The topological polar surface area (TPSA) is 35.2 Å². The van der Waals surface area contributed by atoms with E-state index < -0.39 is 0 Å². The van der Waals surface area contributed by atoms with Crippen molar-refractivity contribution in [2.24, 2.45) is 0 Å². The monoisotopic (exact) mass is 207 g/mol. The first kappa shape index (κ1) is 11.9. The van der Waals surface area contributed by atoms with Gasteiger partial charge in [0, 0.05) is 11.8 Å². The molecule has 0 amide bonds. The Hall–Kier alpha value is -1.18. The molecule has 1 rings (SSSR count). The maximum absolute atomic E-state index is 5.76. The van der Waals surface area contributed by atoms with E-state index in [1.165, 1.54) is 19.3 Å². The lowest BCUT2D eigenvalue weighted by atomic mass is 10.1. The Kier molecular flexibility index (Phi) is 5.02. The van der Waals surface area contributed by atoms with Crippen LogP contribution < -0.4 is 10.5 Å². The van der Waals surface area contributed by atoms with Crippen LogP contribution in [0.25, 0.3) is 0 Å². The minimum atomic E-state index is 0.276. The Morgan fingerprint density at radius 3 is 2.80 bits per heavy atom. The Labute approximate surface area is 92.4 Å². The molecule has 0 spiro atoms. The van der Waals surface area contributed by atoms with Gasteiger partial charge in [-0.1, -0.05) is 25.8 Å². The van der Waals surface area contributed by atoms with E-state index in [-0.39, 0.29) is 6.10 Å². The lowest BCUT2D eigenvalue weighted by Gasteiger charge is -2.14. The Morgan fingerprint density at radius 2 is 2.13 bits per heavy atom. The first-order valence-corrected chi connectivity index (χ1v) is 5.74. The predicted octanol–water partition coefficient (Wildman–Crippen LogP) is 3.62. The molecule has 15 heavy (non-hydrogen) atoms. The van der Waals surface area contributed by atoms with Crippen molar-refractivity contribution < 1.29 is 4.74 Å². The second-order valence-electron chi connectivity index (χ2n) is 4.00. The van der Waals surface area contributed by atoms with E-state index in [2.05, 4.69) is 13.8 Å². The molecule has 0 aliphatic heterocycles. The summed E-state index contributed by atoms with van der Waals surface area (Å²) in [6, 6.07) is 7.61. The highest BCUT2D eigenvalue weighted by molar-refractivity contribution is 5.43. The number of rotatable bonds is 6. The molecule has 0 aliphatic rings. The SMILES string of the molecule is CCCCCC(C)Oc1cccc(N)c1. The molecule has 84 valence electrons. The summed E-state index contributed by atoms with van der Waals surface area (Å²) in [5.41, 5.74) is 6.43. The van der Waals surface area contributed by atoms with Gasteiger partial charge in [0.05, 0.1) is 6.10 Å². The van der Waals surface area contributed by atoms with Gasteiger partial charge in [0.2, 0.25) is 0 Å². The van der Waals surface area contributed by atoms with Crippen molar-refractivity contribution in [1.29, 1.82) is 0 Å². The number of hydrogen-bond donors (Lipinski definition) is 1. The fraction of sp³-hybridized carbons (Fsp3) is 0.538. The van der Waals surface area contributed by atoms with Crippen LogP contribution in [0.2, 0.25) is 0 Å². The molecular weight excluding hydrogens is 186 g/mol. The minimum Gasteiger partial charge on any atom is -0.491 e. The van der Waals surface area contributed by atoms with Crippen LogP contribution in [0.4, 0.5) is 5.69 Å². The van der Waals surface area contributed by atoms with E-state index in [1.54, 1.807) is 0 Å². The van der Waals surface area contributed by atoms with Gasteiger partial charge >= 0.3 is 0 Å². The van der Waals surface area contributed by atoms with Gasteiger partial charge in [0.1, 0.15) is 5.75 Å². The number of nitrogens with two attached hydrogens (primary N) is 1. The van der Waals surface area contributed by atoms with E-state index in [4.69, 9.17) is 10.5 Å². The highest BCUT2D eigenvalue weighted by Crippen LogP contribution is 2.17. The van der Waals surface area contributed by atoms with Crippen LogP contribution in [0.5, 0.6) is 5.75 Å². The Balaban J connectivity index is 2.34. The van der Waals surface area contributed by atoms with Crippen LogP contribution in [0.1, 0.15) is 39.5 Å². The summed E-state index contributed by atoms with van der Waals surface area (Å²) in [7, 11) is 0. The number of nitrogen functional groups attached to an aromatic ring is 1. The van der Waals surface area contributed by atoms with Crippen molar-refractivity contribution in [3.63, 3.8) is 0 Å². The Bertz CT molecular complexity index is 286. The molecular formula is C13H21NO. The highest BCUT2D eigenvalue weighted by Gasteiger charge is 2.03. The summed E-state index contributed by atoms with van der Waals surface area (Å²) in [4.78, 5) is 0. The number of ether oxygens (including phenoxy) is 1. The molecule has 2 heteroatoms. The van der Waals surface area contributed by atoms with Crippen molar-refractivity contribution >= 4 is 5.69 Å². The maximum atomic E-state index is 5.76. The van der Waals surface area contributed by atoms with Crippen LogP contribution in [-0.2, 0) is 0 Å². The maximum Gasteiger partial charge on any atom is 0.121 e. The zero-order chi connectivity index (χ0) is 11.1. The summed E-state index contributed by atoms with van der Waals surface area (Å²) in [5.74, 6) is 0.874. The summed E-state index contributed by atoms with van der Waals surface area (Å²) in [5, 5.41) is 0. The first-order valence-electron chi connectivity index (χ1n) is 5.74. The molecule has 1 aromatic rings. The van der Waals surface area contributed by atoms with E-state index in [9.17, 15) is 0 Å². The van der Waals surface area contributed by atoms with Crippen molar-refractivity contribution in [1.82, 2.24) is 0 Å². The average Bonchev–Trinajstić information content (AvgIpc) is 2.18. The predicted molar refractivity (Wildman–Crippen MR) is 65.1 cm³/mol. The molecule has 0 saturated carbocycles. The molecule has 1 aromatic carbocycles. The first-order chi connectivity index (χ1) is 7.22. The van der Waals surface area contributed by atoms with Gasteiger partial charge in [-0.25, -0.2) is 0 Å². The molecule has 1 unspecified atom stereocenters. The zero-order valence-electron chi connectivity index (χ0n) is 9.70. The lowest BCUT2D eigenvalue weighted by Crippen LogP contribution is -2.11. The van der Waals surface area contributed by atoms with Gasteiger partial charge in [0.25, 0.3) is 0 Å². The van der Waals surface area contributed by atoms with Gasteiger partial charge in [-0.2, -0.15) is 0 Å². The second kappa shape index (κ2) is 6.33. The number of benzene rings is 1. The Morgan fingerprint density at radius 1 is 1.33 bits per heavy atom. The molecule has 0 fully saturated rings. The van der Waals surface area contributed by atoms with E-state index in [0.29, 0.717) is 0 Å². The third-order valence-electron chi connectivity index (χ3n) is 2.41. The molecule has 0 aliphatic carbocycles. The fourth-order valence-corrected chi connectivity index (χ4v) is 1.56. The van der Waals surface area contributed by atoms with Gasteiger partial charge in [-0.05, 0) is 31.9 Å². The van der Waals surface area contributed by atoms with Crippen LogP contribution in [-0.4, -0.2) is 6.10 Å². The molecule has 2 N–H and O–H groups in total. The average molecular weight is 207 g/mol. The minimum absolute atomic E-state index is 0.276. The molecule has 0 saturated heterocycles. The summed E-state index contributed by atoms with van der Waals surface area (Å²) in [6.07, 6.45) is 5.16. The van der Waals surface area contributed by atoms with Gasteiger partial charge in [-0.3, -0.25) is 0 Å². The van der Waals surface area contributed by atoms with E-state index >= 15 is 0 Å². The number of unbranched alkanes of at least 4 members (excludes halogenated alkanes) is 2. The molecule has 2 nitrogen and oxygen atoms in total. The van der Waals surface area contributed by atoms with Crippen molar-refractivity contribution in [3.8, 4) is 5.75 Å². The summed E-state index contributed by atoms with van der Waals surface area (Å²) >= 11 is 0. The lowest BCUT2D eigenvalue weighted by molar-refractivity contribution is 0.207. The second-order valence-corrected chi connectivity index (χ2v) is 4.00. The zero-order valence-corrected chi connectivity index (χ0v) is 9.70. The van der Waals surface area contributed by atoms with Crippen LogP contribution in [0, 0.1) is 0 Å². The molecule has 1 atom stereocenters. The van der Waals surface area contributed by atoms with E-state index in [1.807, 2.05) is 24.3 Å². The number of anilines is 1. The molecule has 0 radical (unpaired) electrons. The smallest absolute Gasteiger partial charge is 0.121 e. The third-order valence-corrected chi connectivity index (χ3v) is 2.41. The quantitative estimate of drug-likeness (QED) is 0.571. The van der Waals surface area contributed by atoms with Crippen LogP contribution in [0.3, 0.4) is 0 Å². The summed E-state index contributed by atoms with van der Waals surface area (Å²) in [6.45, 7) is 4.32. The number of hydrogen-bond acceptors (Lipinski definition) is 2. The van der Waals surface area contributed by atoms with Gasteiger partial charge < -0.3 is 10.5 Å². The molecule has 0 bridgehead atoms. The third kappa shape index (κ3) is 4.73. The standard InChI is InChI=1S/C13H21NO/c1-3-4-5-7-11(2)15-13-9-6-8-12(14)10-13/h6,8-11H,3-5,7,14H2,1-2H3. The van der Waals surface area contributed by atoms with Gasteiger partial charge in [0.15, 0.2) is 0 Å². The van der Waals surface area contributed by atoms with Crippen molar-refractivity contribution in [3.05, 3.63) is 24.3 Å². The van der Waals surface area contributed by atoms with Crippen molar-refractivity contribution in [2.75, 3.05) is 5.73 Å². The largest absolute Gasteiger partial charge is 0.491 e. The van der Waals surface area contributed by atoms with Gasteiger partial charge in [-0.15, -0.1) is 0 Å². The van der Waals surface area contributed by atoms with Crippen LogP contribution in [0.15, 0.2) is 24.3 Å².